The number of likely N-dealkylation sites (N-methyl/N-ethyl adjacent to an activating group) is 1. The van der Waals surface area contributed by atoms with E-state index in [0.29, 0.717) is 17.9 Å². The van der Waals surface area contributed by atoms with Crippen molar-refractivity contribution in [2.24, 2.45) is 0 Å². The Balaban J connectivity index is 1.99. The number of thiol groups is 1. The van der Waals surface area contributed by atoms with Crippen molar-refractivity contribution in [3.05, 3.63) is 64.6 Å². The van der Waals surface area contributed by atoms with Crippen molar-refractivity contribution in [3.8, 4) is 22.6 Å². The Morgan fingerprint density at radius 1 is 1.30 bits per heavy atom. The number of methoxy groups -OCH3 is 1. The van der Waals surface area contributed by atoms with Crippen molar-refractivity contribution in [2.75, 3.05) is 20.7 Å². The van der Waals surface area contributed by atoms with Crippen LogP contribution in [0.4, 0.5) is 0 Å². The molecule has 2 heterocycles. The largest absolute Gasteiger partial charge is 0.507 e. The fourth-order valence-electron chi connectivity index (χ4n) is 3.73. The normalized spacial score (nSPS) is 22.9. The summed E-state index contributed by atoms with van der Waals surface area (Å²) in [5.41, 5.74) is 3.65. The van der Waals surface area contributed by atoms with E-state index in [1.165, 1.54) is 0 Å². The Morgan fingerprint density at radius 3 is 2.67 bits per heavy atom. The van der Waals surface area contributed by atoms with Crippen LogP contribution in [0.15, 0.2) is 54.2 Å². The summed E-state index contributed by atoms with van der Waals surface area (Å²) in [5, 5.41) is 14.5. The maximum Gasteiger partial charge on any atom is 0.135 e. The number of nitrogens with one attached hydrogen (secondary N) is 1. The van der Waals surface area contributed by atoms with Gasteiger partial charge in [0.05, 0.1) is 23.1 Å². The zero-order valence-electron chi connectivity index (χ0n) is 15.1. The molecule has 0 spiro atoms. The van der Waals surface area contributed by atoms with E-state index in [-0.39, 0.29) is 11.2 Å². The number of rotatable bonds is 4. The lowest BCUT2D eigenvalue weighted by molar-refractivity contribution is 0.356. The van der Waals surface area contributed by atoms with Gasteiger partial charge in [-0.2, -0.15) is 0 Å². The maximum atomic E-state index is 10.9. The minimum absolute atomic E-state index is 0.156. The molecule has 4 rings (SSSR count). The summed E-state index contributed by atoms with van der Waals surface area (Å²) in [6.07, 6.45) is 1.84. The molecule has 1 fully saturated rings. The minimum Gasteiger partial charge on any atom is -0.507 e. The molecule has 2 atom stereocenters. The molecule has 0 bridgehead atoms. The van der Waals surface area contributed by atoms with E-state index in [0.717, 1.165) is 16.0 Å². The summed E-state index contributed by atoms with van der Waals surface area (Å²) < 4.78 is 5.86. The van der Waals surface area contributed by atoms with Crippen molar-refractivity contribution >= 4 is 24.0 Å². The van der Waals surface area contributed by atoms with Gasteiger partial charge in [-0.15, -0.1) is 24.0 Å². The van der Waals surface area contributed by atoms with Crippen LogP contribution in [-0.2, 0) is 5.54 Å². The van der Waals surface area contributed by atoms with Crippen LogP contribution in [-0.4, -0.2) is 41.2 Å². The molecule has 1 saturated heterocycles. The molecule has 5 nitrogen and oxygen atoms in total. The molecule has 2 unspecified atom stereocenters. The smallest absolute Gasteiger partial charge is 0.135 e. The Morgan fingerprint density at radius 2 is 2.07 bits per heavy atom. The second-order valence-electron chi connectivity index (χ2n) is 6.61. The average Bonchev–Trinajstić information content (AvgIpc) is 3.31. The lowest BCUT2D eigenvalue weighted by Crippen LogP contribution is -2.42. The standard InChI is InChI=1S/C20H21N3O2S2/c1-23-11-20(22-19(23)26,16-10-21-12-27-16)17-15(24)9-8-14(18(17)25-2)13-6-4-3-5-7-13/h3-10,12,19,22,24,26H,11H2,1-2H3. The fourth-order valence-corrected chi connectivity index (χ4v) is 4.81. The lowest BCUT2D eigenvalue weighted by atomic mass is 9.85. The van der Waals surface area contributed by atoms with Gasteiger partial charge in [-0.3, -0.25) is 15.2 Å². The van der Waals surface area contributed by atoms with Gasteiger partial charge in [-0.25, -0.2) is 0 Å². The number of hydrogen-bond acceptors (Lipinski definition) is 7. The number of aromatic hydroxyl groups is 1. The fraction of sp³-hybridized carbons (Fsp3) is 0.250. The van der Waals surface area contributed by atoms with Gasteiger partial charge >= 0.3 is 0 Å². The van der Waals surface area contributed by atoms with Gasteiger partial charge in [0.15, 0.2) is 0 Å². The molecule has 7 heteroatoms. The summed E-state index contributed by atoms with van der Waals surface area (Å²) in [6, 6.07) is 13.7. The molecule has 3 aromatic rings. The first-order valence-electron chi connectivity index (χ1n) is 8.57. The highest BCUT2D eigenvalue weighted by Gasteiger charge is 2.48. The van der Waals surface area contributed by atoms with Gasteiger partial charge in [0.1, 0.15) is 22.5 Å². The molecule has 0 aliphatic carbocycles. The molecule has 0 saturated carbocycles. The molecular weight excluding hydrogens is 378 g/mol. The summed E-state index contributed by atoms with van der Waals surface area (Å²) in [6.45, 7) is 0.630. The molecular formula is C20H21N3O2S2. The van der Waals surface area contributed by atoms with Gasteiger partial charge in [0.25, 0.3) is 0 Å². The van der Waals surface area contributed by atoms with E-state index >= 15 is 0 Å². The van der Waals surface area contributed by atoms with E-state index < -0.39 is 5.54 Å². The number of thiazole rings is 1. The van der Waals surface area contributed by atoms with Crippen LogP contribution in [0, 0.1) is 0 Å². The first kappa shape index (κ1) is 18.3. The van der Waals surface area contributed by atoms with E-state index in [4.69, 9.17) is 4.74 Å². The second kappa shape index (κ2) is 7.16. The van der Waals surface area contributed by atoms with Crippen molar-refractivity contribution in [3.63, 3.8) is 0 Å². The predicted molar refractivity (Wildman–Crippen MR) is 112 cm³/mol. The van der Waals surface area contributed by atoms with Crippen LogP contribution in [0.1, 0.15) is 10.4 Å². The molecule has 2 aromatic carbocycles. The highest BCUT2D eigenvalue weighted by atomic mass is 32.1. The number of benzene rings is 2. The molecule has 2 N–H and O–H groups in total. The summed E-state index contributed by atoms with van der Waals surface area (Å²) >= 11 is 6.20. The van der Waals surface area contributed by atoms with Crippen molar-refractivity contribution in [1.82, 2.24) is 15.2 Å². The maximum absolute atomic E-state index is 10.9. The number of phenols is 1. The van der Waals surface area contributed by atoms with E-state index in [2.05, 4.69) is 27.8 Å². The third-order valence-corrected chi connectivity index (χ3v) is 6.44. The molecule has 1 aliphatic heterocycles. The van der Waals surface area contributed by atoms with Crippen molar-refractivity contribution < 1.29 is 9.84 Å². The topological polar surface area (TPSA) is 57.6 Å². The average molecular weight is 400 g/mol. The molecule has 27 heavy (non-hydrogen) atoms. The quantitative estimate of drug-likeness (QED) is 0.586. The molecule has 0 amide bonds. The Bertz CT molecular complexity index is 922. The number of aromatic nitrogens is 1. The monoisotopic (exact) mass is 399 g/mol. The Hall–Kier alpha value is -2.06. The van der Waals surface area contributed by atoms with Crippen LogP contribution in [0.25, 0.3) is 11.1 Å². The number of phenolic OH excluding ortho intramolecular Hbond substituents is 1. The van der Waals surface area contributed by atoms with Crippen LogP contribution in [0.3, 0.4) is 0 Å². The van der Waals surface area contributed by atoms with Gasteiger partial charge < -0.3 is 9.84 Å². The zero-order valence-corrected chi connectivity index (χ0v) is 16.8. The third-order valence-electron chi connectivity index (χ3n) is 4.98. The van der Waals surface area contributed by atoms with Crippen LogP contribution in [0.2, 0.25) is 0 Å². The van der Waals surface area contributed by atoms with Crippen molar-refractivity contribution in [2.45, 2.75) is 11.0 Å². The SMILES string of the molecule is COc1c(-c2ccccc2)ccc(O)c1C1(c2cncs2)CN(C)C(S)N1. The molecule has 140 valence electrons. The number of hydrogen-bond donors (Lipinski definition) is 3. The van der Waals surface area contributed by atoms with Crippen LogP contribution >= 0.6 is 24.0 Å². The number of ether oxygens (including phenoxy) is 1. The van der Waals surface area contributed by atoms with Gasteiger partial charge in [-0.05, 0) is 24.7 Å². The predicted octanol–water partition coefficient (Wildman–Crippen LogP) is 3.52. The first-order chi connectivity index (χ1) is 13.1. The van der Waals surface area contributed by atoms with E-state index in [1.807, 2.05) is 49.6 Å². The Kier molecular flexibility index (Phi) is 4.86. The first-order valence-corrected chi connectivity index (χ1v) is 9.97. The van der Waals surface area contributed by atoms with Crippen molar-refractivity contribution in [1.29, 1.82) is 0 Å². The molecule has 1 aromatic heterocycles. The number of nitrogens with zero attached hydrogens (tertiary/aromatic N) is 2. The van der Waals surface area contributed by atoms with E-state index in [1.54, 1.807) is 30.0 Å². The highest BCUT2D eigenvalue weighted by Crippen LogP contribution is 2.49. The summed E-state index contributed by atoms with van der Waals surface area (Å²) in [5.74, 6) is 0.834. The highest BCUT2D eigenvalue weighted by molar-refractivity contribution is 7.80. The summed E-state index contributed by atoms with van der Waals surface area (Å²) in [7, 11) is 3.64. The van der Waals surface area contributed by atoms with Crippen LogP contribution < -0.4 is 10.1 Å². The van der Waals surface area contributed by atoms with E-state index in [9.17, 15) is 5.11 Å². The van der Waals surface area contributed by atoms with Gasteiger partial charge in [0.2, 0.25) is 0 Å². The van der Waals surface area contributed by atoms with Crippen LogP contribution in [0.5, 0.6) is 11.5 Å². The third kappa shape index (κ3) is 3.00. The molecule has 0 radical (unpaired) electrons. The lowest BCUT2D eigenvalue weighted by Gasteiger charge is -2.31. The minimum atomic E-state index is -0.664. The Labute approximate surface area is 168 Å². The molecule has 1 aliphatic rings. The van der Waals surface area contributed by atoms with Gasteiger partial charge in [0, 0.05) is 18.3 Å². The zero-order chi connectivity index (χ0) is 19.0. The summed E-state index contributed by atoms with van der Waals surface area (Å²) in [4.78, 5) is 7.36. The second-order valence-corrected chi connectivity index (χ2v) is 7.99. The van der Waals surface area contributed by atoms with Gasteiger partial charge in [-0.1, -0.05) is 30.3 Å².